The van der Waals surface area contributed by atoms with Crippen LogP contribution in [0.5, 0.6) is 0 Å². The number of hydrogen-bond acceptors (Lipinski definition) is 2. The van der Waals surface area contributed by atoms with E-state index in [-0.39, 0.29) is 5.41 Å². The molecule has 5 aromatic carbocycles. The van der Waals surface area contributed by atoms with Crippen molar-refractivity contribution in [2.24, 2.45) is 0 Å². The van der Waals surface area contributed by atoms with Gasteiger partial charge in [-0.2, -0.15) is 0 Å². The minimum atomic E-state index is -0.387. The second kappa shape index (κ2) is 15.8. The second-order valence-electron chi connectivity index (χ2n) is 15.3. The van der Waals surface area contributed by atoms with Gasteiger partial charge in [-0.25, -0.2) is 0 Å². The molecule has 2 N–H and O–H groups in total. The first kappa shape index (κ1) is 35.5. The van der Waals surface area contributed by atoms with E-state index in [1.54, 1.807) is 0 Å². The lowest BCUT2D eigenvalue weighted by molar-refractivity contribution is 0.760. The molecule has 0 aliphatic heterocycles. The Morgan fingerprint density at radius 3 is 2.07 bits per heavy atom. The van der Waals surface area contributed by atoms with Crippen molar-refractivity contribution < 1.29 is 0 Å². The highest BCUT2D eigenvalue weighted by Crippen LogP contribution is 2.59. The first-order chi connectivity index (χ1) is 27.7. The lowest BCUT2D eigenvalue weighted by Gasteiger charge is -2.35. The van der Waals surface area contributed by atoms with Gasteiger partial charge in [0.1, 0.15) is 0 Å². The lowest BCUT2D eigenvalue weighted by Crippen LogP contribution is -2.29. The third kappa shape index (κ3) is 6.71. The van der Waals surface area contributed by atoms with Gasteiger partial charge in [-0.05, 0) is 136 Å². The van der Waals surface area contributed by atoms with Crippen LogP contribution < -0.4 is 5.32 Å². The minimum Gasteiger partial charge on any atom is -0.380 e. The van der Waals surface area contributed by atoms with Gasteiger partial charge in [0.15, 0.2) is 0 Å². The van der Waals surface area contributed by atoms with E-state index in [9.17, 15) is 0 Å². The third-order valence-electron chi connectivity index (χ3n) is 11.8. The molecule has 0 fully saturated rings. The average Bonchev–Trinajstić information content (AvgIpc) is 3.36. The van der Waals surface area contributed by atoms with Crippen LogP contribution in [-0.4, -0.2) is 5.71 Å². The topological polar surface area (TPSA) is 35.9 Å². The van der Waals surface area contributed by atoms with Gasteiger partial charge in [0, 0.05) is 12.2 Å². The molecule has 4 aliphatic rings. The van der Waals surface area contributed by atoms with Crippen LogP contribution in [0.2, 0.25) is 0 Å². The fraction of sp³-hybridized carbons (Fsp3) is 0.167. The summed E-state index contributed by atoms with van der Waals surface area (Å²) in [5, 5.41) is 12.6. The Kier molecular flexibility index (Phi) is 10.0. The molecule has 1 atom stereocenters. The van der Waals surface area contributed by atoms with Gasteiger partial charge in [-0.3, -0.25) is 0 Å². The van der Waals surface area contributed by atoms with Crippen LogP contribution in [0.3, 0.4) is 0 Å². The first-order valence-electron chi connectivity index (χ1n) is 20.3. The summed E-state index contributed by atoms with van der Waals surface area (Å²) < 4.78 is 0. The zero-order valence-corrected chi connectivity index (χ0v) is 32.0. The molecule has 274 valence electrons. The zero-order chi connectivity index (χ0) is 37.7. The van der Waals surface area contributed by atoms with Crippen molar-refractivity contribution in [1.29, 1.82) is 5.41 Å². The van der Waals surface area contributed by atoms with Gasteiger partial charge in [0.2, 0.25) is 0 Å². The Balaban J connectivity index is 1.07. The molecule has 4 aliphatic carbocycles. The monoisotopic (exact) mass is 724 g/mol. The highest BCUT2D eigenvalue weighted by Gasteiger charge is 2.47. The van der Waals surface area contributed by atoms with Gasteiger partial charge >= 0.3 is 0 Å². The summed E-state index contributed by atoms with van der Waals surface area (Å²) in [5.74, 6) is 0. The van der Waals surface area contributed by atoms with Crippen molar-refractivity contribution >= 4 is 5.71 Å². The zero-order valence-electron chi connectivity index (χ0n) is 32.0. The fourth-order valence-electron chi connectivity index (χ4n) is 9.11. The predicted molar refractivity (Wildman–Crippen MR) is 236 cm³/mol. The Bertz CT molecular complexity index is 2520. The molecule has 9 rings (SSSR count). The molecule has 1 unspecified atom stereocenters. The molecule has 2 nitrogen and oxygen atoms in total. The molecule has 0 amide bonds. The fourth-order valence-corrected chi connectivity index (χ4v) is 9.11. The Hall–Kier alpha value is -6.25. The maximum atomic E-state index is 8.87. The maximum Gasteiger partial charge on any atom is 0.0710 e. The van der Waals surface area contributed by atoms with Crippen LogP contribution in [0.15, 0.2) is 205 Å². The first-order valence-corrected chi connectivity index (χ1v) is 20.3. The van der Waals surface area contributed by atoms with E-state index in [1.165, 1.54) is 67.6 Å². The normalized spacial score (nSPS) is 18.6. The Morgan fingerprint density at radius 1 is 0.571 bits per heavy atom. The SMILES string of the molecule is N=C(/C=C(\NCc1cccc(-c2cccc(-c3cccc4c3-c3ccccc3C4(C3=CCCCC=C3)c3ccccc3)c2)c1)C1=CCCC=C1)C1=CCCC=C1. The number of allylic oxidation sites excluding steroid dienone is 12. The van der Waals surface area contributed by atoms with Crippen LogP contribution in [0.25, 0.3) is 33.4 Å². The molecular formula is C54H48N2. The molecule has 5 aromatic rings. The van der Waals surface area contributed by atoms with Crippen LogP contribution in [0.1, 0.15) is 67.2 Å². The second-order valence-corrected chi connectivity index (χ2v) is 15.3. The summed E-state index contributed by atoms with van der Waals surface area (Å²) in [6.07, 6.45) is 29.9. The highest BCUT2D eigenvalue weighted by atomic mass is 14.9. The molecular weight excluding hydrogens is 677 g/mol. The molecule has 0 heterocycles. The molecule has 56 heavy (non-hydrogen) atoms. The van der Waals surface area contributed by atoms with E-state index < -0.39 is 0 Å². The summed E-state index contributed by atoms with van der Waals surface area (Å²) in [5.41, 5.74) is 17.4. The largest absolute Gasteiger partial charge is 0.380 e. The van der Waals surface area contributed by atoms with E-state index in [2.05, 4.69) is 181 Å². The highest BCUT2D eigenvalue weighted by molar-refractivity contribution is 6.09. The van der Waals surface area contributed by atoms with E-state index in [0.717, 1.165) is 55.4 Å². The third-order valence-corrected chi connectivity index (χ3v) is 11.8. The summed E-state index contributed by atoms with van der Waals surface area (Å²) in [7, 11) is 0. The van der Waals surface area contributed by atoms with Crippen LogP contribution in [0.4, 0.5) is 0 Å². The molecule has 0 aromatic heterocycles. The van der Waals surface area contributed by atoms with Crippen LogP contribution >= 0.6 is 0 Å². The van der Waals surface area contributed by atoms with Crippen LogP contribution in [-0.2, 0) is 12.0 Å². The molecule has 0 spiro atoms. The number of benzene rings is 5. The van der Waals surface area contributed by atoms with E-state index in [1.807, 2.05) is 6.08 Å². The summed E-state index contributed by atoms with van der Waals surface area (Å²) in [6, 6.07) is 45.2. The smallest absolute Gasteiger partial charge is 0.0710 e. The van der Waals surface area contributed by atoms with Gasteiger partial charge in [0.25, 0.3) is 0 Å². The molecule has 0 bridgehead atoms. The van der Waals surface area contributed by atoms with Crippen molar-refractivity contribution in [3.8, 4) is 33.4 Å². The van der Waals surface area contributed by atoms with Crippen molar-refractivity contribution in [2.75, 3.05) is 0 Å². The van der Waals surface area contributed by atoms with Crippen LogP contribution in [0, 0.1) is 5.41 Å². The predicted octanol–water partition coefficient (Wildman–Crippen LogP) is 13.5. The number of hydrogen-bond donors (Lipinski definition) is 2. The summed E-state index contributed by atoms with van der Waals surface area (Å²) >= 11 is 0. The van der Waals surface area contributed by atoms with E-state index >= 15 is 0 Å². The van der Waals surface area contributed by atoms with Crippen molar-refractivity contribution in [3.05, 3.63) is 227 Å². The van der Waals surface area contributed by atoms with E-state index in [4.69, 9.17) is 5.41 Å². The quantitative estimate of drug-likeness (QED) is 0.138. The van der Waals surface area contributed by atoms with E-state index in [0.29, 0.717) is 12.3 Å². The molecule has 0 saturated heterocycles. The van der Waals surface area contributed by atoms with Gasteiger partial charge in [-0.15, -0.1) is 0 Å². The molecule has 0 radical (unpaired) electrons. The number of fused-ring (bicyclic) bond motifs is 3. The van der Waals surface area contributed by atoms with Crippen molar-refractivity contribution in [3.63, 3.8) is 0 Å². The van der Waals surface area contributed by atoms with Crippen molar-refractivity contribution in [1.82, 2.24) is 5.32 Å². The van der Waals surface area contributed by atoms with Gasteiger partial charge in [0.05, 0.1) is 11.1 Å². The average molecular weight is 725 g/mol. The summed E-state index contributed by atoms with van der Waals surface area (Å²) in [4.78, 5) is 0. The standard InChI is InChI=1S/C54H48N2/c55-51(40-20-6-3-7-21-40)37-52(41-22-8-4-9-23-41)56-38-39-19-16-24-42(35-39)43-25-17-26-44(36-43)47-32-18-34-50-53(47)48-31-14-15-33-49(48)54(50,46-29-12-5-13-30-46)45-27-10-1-2-11-28-45/h5-6,8,10,12-37,55-56H,1-4,7,9,11,38H2/b52-37-,55-51?. The minimum absolute atomic E-state index is 0.387. The lowest BCUT2D eigenvalue weighted by atomic mass is 9.67. The molecule has 2 heteroatoms. The Labute approximate surface area is 332 Å². The summed E-state index contributed by atoms with van der Waals surface area (Å²) in [6.45, 7) is 0.668. The van der Waals surface area contributed by atoms with Crippen molar-refractivity contribution in [2.45, 2.75) is 56.9 Å². The van der Waals surface area contributed by atoms with Gasteiger partial charge < -0.3 is 10.7 Å². The maximum absolute atomic E-state index is 8.87. The molecule has 0 saturated carbocycles. The number of nitrogens with one attached hydrogen (secondary N) is 2. The van der Waals surface area contributed by atoms with Gasteiger partial charge in [-0.1, -0.05) is 164 Å². The Morgan fingerprint density at radius 2 is 1.25 bits per heavy atom. The number of rotatable bonds is 10.